The Morgan fingerprint density at radius 1 is 1.37 bits per heavy atom. The van der Waals surface area contributed by atoms with E-state index in [-0.39, 0.29) is 5.91 Å². The van der Waals surface area contributed by atoms with E-state index in [1.54, 1.807) is 0 Å². The third-order valence-corrected chi connectivity index (χ3v) is 2.89. The Morgan fingerprint density at radius 3 is 2.42 bits per heavy atom. The van der Waals surface area contributed by atoms with Crippen LogP contribution in [0.4, 0.5) is 5.69 Å². The van der Waals surface area contributed by atoms with E-state index in [1.165, 1.54) is 0 Å². The fraction of sp³-hybridized carbons (Fsp3) is 0.692. The Hall–Kier alpha value is -1.56. The number of aromatic amines is 1. The molecule has 0 aliphatic heterocycles. The number of nitrogens with zero attached hydrogens (tertiary/aromatic N) is 3. The Morgan fingerprint density at radius 2 is 2.00 bits per heavy atom. The molecule has 108 valence electrons. The predicted molar refractivity (Wildman–Crippen MR) is 77.0 cm³/mol. The lowest BCUT2D eigenvalue weighted by molar-refractivity contribution is 0.0720. The minimum Gasteiger partial charge on any atom is -0.395 e. The molecule has 0 saturated heterocycles. The second-order valence-electron chi connectivity index (χ2n) is 5.56. The first-order valence-electron chi connectivity index (χ1n) is 6.57. The molecule has 1 aromatic rings. The predicted octanol–water partition coefficient (Wildman–Crippen LogP) is 0.960. The van der Waals surface area contributed by atoms with E-state index >= 15 is 0 Å². The second-order valence-corrected chi connectivity index (χ2v) is 5.56. The first kappa shape index (κ1) is 15.5. The van der Waals surface area contributed by atoms with E-state index in [1.807, 2.05) is 25.9 Å². The molecular formula is C13H25N5O. The number of aromatic nitrogens is 2. The molecule has 6 nitrogen and oxygen atoms in total. The van der Waals surface area contributed by atoms with Gasteiger partial charge in [-0.1, -0.05) is 13.8 Å². The number of carbonyl (C=O) groups excluding carboxylic acids is 1. The number of amides is 1. The van der Waals surface area contributed by atoms with Crippen LogP contribution < -0.4 is 5.73 Å². The lowest BCUT2D eigenvalue weighted by Gasteiger charge is -2.25. The van der Waals surface area contributed by atoms with Crippen molar-refractivity contribution in [2.24, 2.45) is 5.92 Å². The van der Waals surface area contributed by atoms with Crippen LogP contribution in [0.5, 0.6) is 0 Å². The molecule has 0 atom stereocenters. The first-order valence-corrected chi connectivity index (χ1v) is 6.57. The Bertz CT molecular complexity index is 425. The molecule has 1 amide bonds. The Labute approximate surface area is 114 Å². The average Bonchev–Trinajstić information content (AvgIpc) is 2.64. The number of hydrogen-bond donors (Lipinski definition) is 2. The molecule has 1 rings (SSSR count). The van der Waals surface area contributed by atoms with Crippen LogP contribution in [0.3, 0.4) is 0 Å². The molecular weight excluding hydrogens is 242 g/mol. The number of carbonyl (C=O) groups is 1. The van der Waals surface area contributed by atoms with Crippen LogP contribution in [0.2, 0.25) is 0 Å². The third-order valence-electron chi connectivity index (χ3n) is 2.89. The van der Waals surface area contributed by atoms with Crippen LogP contribution in [0.15, 0.2) is 0 Å². The maximum Gasteiger partial charge on any atom is 0.276 e. The molecule has 0 spiro atoms. The van der Waals surface area contributed by atoms with Crippen molar-refractivity contribution in [1.29, 1.82) is 0 Å². The number of aryl methyl sites for hydroxylation is 1. The molecule has 0 radical (unpaired) electrons. The van der Waals surface area contributed by atoms with Crippen LogP contribution in [-0.2, 0) is 0 Å². The van der Waals surface area contributed by atoms with Gasteiger partial charge in [-0.05, 0) is 26.9 Å². The number of likely N-dealkylation sites (N-methyl/N-ethyl adjacent to an activating group) is 1. The zero-order valence-corrected chi connectivity index (χ0v) is 12.5. The molecule has 0 aromatic carbocycles. The lowest BCUT2D eigenvalue weighted by Crippen LogP contribution is -2.39. The van der Waals surface area contributed by atoms with E-state index < -0.39 is 0 Å². The summed E-state index contributed by atoms with van der Waals surface area (Å²) < 4.78 is 0. The molecule has 1 heterocycles. The van der Waals surface area contributed by atoms with E-state index in [0.29, 0.717) is 30.4 Å². The van der Waals surface area contributed by atoms with E-state index in [2.05, 4.69) is 28.9 Å². The van der Waals surface area contributed by atoms with E-state index in [0.717, 1.165) is 12.2 Å². The van der Waals surface area contributed by atoms with Crippen molar-refractivity contribution >= 4 is 11.6 Å². The normalized spacial score (nSPS) is 11.3. The van der Waals surface area contributed by atoms with Gasteiger partial charge in [-0.2, -0.15) is 5.10 Å². The lowest BCUT2D eigenvalue weighted by atomic mass is 10.2. The van der Waals surface area contributed by atoms with Crippen LogP contribution in [0.25, 0.3) is 0 Å². The number of nitrogens with one attached hydrogen (secondary N) is 1. The van der Waals surface area contributed by atoms with Crippen molar-refractivity contribution in [2.75, 3.05) is 39.5 Å². The second kappa shape index (κ2) is 6.56. The van der Waals surface area contributed by atoms with Gasteiger partial charge in [0.2, 0.25) is 0 Å². The van der Waals surface area contributed by atoms with Gasteiger partial charge in [0.25, 0.3) is 5.91 Å². The molecule has 0 aliphatic rings. The Kier molecular flexibility index (Phi) is 5.35. The minimum absolute atomic E-state index is 0.0996. The number of H-pyrrole nitrogens is 1. The van der Waals surface area contributed by atoms with Gasteiger partial charge in [-0.3, -0.25) is 9.89 Å². The number of anilines is 1. The van der Waals surface area contributed by atoms with Gasteiger partial charge in [0.1, 0.15) is 0 Å². The summed E-state index contributed by atoms with van der Waals surface area (Å²) in [7, 11) is 3.98. The summed E-state index contributed by atoms with van der Waals surface area (Å²) >= 11 is 0. The van der Waals surface area contributed by atoms with Crippen LogP contribution in [0.1, 0.15) is 30.0 Å². The highest BCUT2D eigenvalue weighted by Gasteiger charge is 2.22. The van der Waals surface area contributed by atoms with Crippen molar-refractivity contribution in [3.63, 3.8) is 0 Å². The highest BCUT2D eigenvalue weighted by Crippen LogP contribution is 2.15. The maximum atomic E-state index is 12.5. The summed E-state index contributed by atoms with van der Waals surface area (Å²) in [6, 6.07) is 0. The number of nitrogen functional groups attached to an aromatic ring is 1. The summed E-state index contributed by atoms with van der Waals surface area (Å²) in [5, 5.41) is 6.77. The van der Waals surface area contributed by atoms with Crippen molar-refractivity contribution < 1.29 is 4.79 Å². The number of nitrogens with two attached hydrogens (primary N) is 1. The fourth-order valence-electron chi connectivity index (χ4n) is 1.79. The van der Waals surface area contributed by atoms with Crippen molar-refractivity contribution in [2.45, 2.75) is 20.8 Å². The summed E-state index contributed by atoms with van der Waals surface area (Å²) in [4.78, 5) is 16.3. The zero-order valence-electron chi connectivity index (χ0n) is 12.5. The van der Waals surface area contributed by atoms with E-state index in [4.69, 9.17) is 5.73 Å². The quantitative estimate of drug-likeness (QED) is 0.804. The van der Waals surface area contributed by atoms with Crippen molar-refractivity contribution in [3.05, 3.63) is 11.4 Å². The number of hydrogen-bond acceptors (Lipinski definition) is 4. The largest absolute Gasteiger partial charge is 0.395 e. The topological polar surface area (TPSA) is 78.2 Å². The molecule has 19 heavy (non-hydrogen) atoms. The van der Waals surface area contributed by atoms with Crippen LogP contribution >= 0.6 is 0 Å². The van der Waals surface area contributed by atoms with Gasteiger partial charge in [0.05, 0.1) is 11.4 Å². The summed E-state index contributed by atoms with van der Waals surface area (Å²) in [5.41, 5.74) is 7.39. The highest BCUT2D eigenvalue weighted by molar-refractivity contribution is 5.97. The molecule has 0 bridgehead atoms. The van der Waals surface area contributed by atoms with Gasteiger partial charge < -0.3 is 15.5 Å². The number of rotatable bonds is 6. The minimum atomic E-state index is -0.0996. The maximum absolute atomic E-state index is 12.5. The monoisotopic (exact) mass is 267 g/mol. The van der Waals surface area contributed by atoms with Gasteiger partial charge in [0, 0.05) is 19.6 Å². The van der Waals surface area contributed by atoms with Crippen molar-refractivity contribution in [1.82, 2.24) is 20.0 Å². The SMILES string of the molecule is Cc1[nH]nc(C(=O)N(CCN(C)C)CC(C)C)c1N. The van der Waals surface area contributed by atoms with Gasteiger partial charge in [0.15, 0.2) is 5.69 Å². The van der Waals surface area contributed by atoms with E-state index in [9.17, 15) is 4.79 Å². The van der Waals surface area contributed by atoms with Gasteiger partial charge in [-0.15, -0.1) is 0 Å². The fourth-order valence-corrected chi connectivity index (χ4v) is 1.79. The Balaban J connectivity index is 2.84. The standard InChI is InChI=1S/C13H25N5O/c1-9(2)8-18(7-6-17(4)5)13(19)12-11(14)10(3)15-16-12/h9H,6-8,14H2,1-5H3,(H,15,16). The molecule has 1 aromatic heterocycles. The van der Waals surface area contributed by atoms with Gasteiger partial charge in [-0.25, -0.2) is 0 Å². The molecule has 3 N–H and O–H groups in total. The third kappa shape index (κ3) is 4.24. The van der Waals surface area contributed by atoms with Gasteiger partial charge >= 0.3 is 0 Å². The zero-order chi connectivity index (χ0) is 14.6. The molecule has 0 aliphatic carbocycles. The molecule has 0 saturated carbocycles. The highest BCUT2D eigenvalue weighted by atomic mass is 16.2. The summed E-state index contributed by atoms with van der Waals surface area (Å²) in [6.07, 6.45) is 0. The molecule has 0 unspecified atom stereocenters. The molecule has 6 heteroatoms. The van der Waals surface area contributed by atoms with Crippen molar-refractivity contribution in [3.8, 4) is 0 Å². The smallest absolute Gasteiger partial charge is 0.276 e. The molecule has 0 fully saturated rings. The van der Waals surface area contributed by atoms with Crippen LogP contribution in [-0.4, -0.2) is 59.6 Å². The van der Waals surface area contributed by atoms with Crippen LogP contribution in [0, 0.1) is 12.8 Å². The summed E-state index contributed by atoms with van der Waals surface area (Å²) in [5.74, 6) is 0.310. The average molecular weight is 267 g/mol. The summed E-state index contributed by atoms with van der Waals surface area (Å²) in [6.45, 7) is 8.20. The first-order chi connectivity index (χ1) is 8.82.